The Kier molecular flexibility index (Phi) is 4.07. The number of hydrogen-bond acceptors (Lipinski definition) is 1. The van der Waals surface area contributed by atoms with Gasteiger partial charge in [-0.15, -0.1) is 0 Å². The van der Waals surface area contributed by atoms with Gasteiger partial charge in [0.05, 0.1) is 0 Å². The molecule has 1 aromatic rings. The molecule has 0 radical (unpaired) electrons. The number of carbonyl (C=O) groups excluding carboxylic acids is 1. The number of hydrogen-bond donors (Lipinski definition) is 0. The van der Waals surface area contributed by atoms with E-state index in [9.17, 15) is 4.79 Å². The van der Waals surface area contributed by atoms with Crippen molar-refractivity contribution in [2.75, 3.05) is 0 Å². The molecule has 0 fully saturated rings. The highest BCUT2D eigenvalue weighted by molar-refractivity contribution is 5.57. The zero-order chi connectivity index (χ0) is 11.4. The molecule has 0 unspecified atom stereocenters. The Bertz CT molecular complexity index is 351. The molecular weight excluding hydrogens is 184 g/mol. The van der Waals surface area contributed by atoms with Crippen LogP contribution in [0.2, 0.25) is 0 Å². The molecule has 1 heteroatoms. The van der Waals surface area contributed by atoms with Crippen molar-refractivity contribution in [2.24, 2.45) is 0 Å². The normalized spacial score (nSPS) is 10.7. The molecule has 0 aliphatic heterocycles. The molecular formula is C14H20O. The highest BCUT2D eigenvalue weighted by atomic mass is 16.1. The molecule has 0 spiro atoms. The summed E-state index contributed by atoms with van der Waals surface area (Å²) in [5.41, 5.74) is 5.20. The van der Waals surface area contributed by atoms with Gasteiger partial charge in [-0.25, -0.2) is 0 Å². The van der Waals surface area contributed by atoms with E-state index in [2.05, 4.69) is 39.8 Å². The second-order valence-corrected chi connectivity index (χ2v) is 4.35. The standard InChI is InChI=1S/C14H20O/c1-5-14-11(4)8-13(10(2)3)9-12(14)6-7-15/h7-10H,5-6H2,1-4H3. The third kappa shape index (κ3) is 2.68. The van der Waals surface area contributed by atoms with Crippen LogP contribution in [0, 0.1) is 6.92 Å². The Hall–Kier alpha value is -1.11. The fraction of sp³-hybridized carbons (Fsp3) is 0.500. The van der Waals surface area contributed by atoms with Gasteiger partial charge in [0.25, 0.3) is 0 Å². The van der Waals surface area contributed by atoms with Gasteiger partial charge in [0, 0.05) is 6.42 Å². The van der Waals surface area contributed by atoms with Crippen molar-refractivity contribution in [1.29, 1.82) is 0 Å². The van der Waals surface area contributed by atoms with E-state index in [4.69, 9.17) is 0 Å². The summed E-state index contributed by atoms with van der Waals surface area (Å²) >= 11 is 0. The van der Waals surface area contributed by atoms with Crippen molar-refractivity contribution in [3.63, 3.8) is 0 Å². The Morgan fingerprint density at radius 2 is 2.00 bits per heavy atom. The summed E-state index contributed by atoms with van der Waals surface area (Å²) in [7, 11) is 0. The van der Waals surface area contributed by atoms with E-state index in [1.165, 1.54) is 22.3 Å². The maximum absolute atomic E-state index is 10.6. The van der Waals surface area contributed by atoms with Crippen LogP contribution in [0.15, 0.2) is 12.1 Å². The summed E-state index contributed by atoms with van der Waals surface area (Å²) in [6.45, 7) is 8.65. The SMILES string of the molecule is CCc1c(C)cc(C(C)C)cc1CC=O. The third-order valence-electron chi connectivity index (χ3n) is 2.91. The average Bonchev–Trinajstić information content (AvgIpc) is 2.17. The minimum atomic E-state index is 0.528. The summed E-state index contributed by atoms with van der Waals surface area (Å²) < 4.78 is 0. The van der Waals surface area contributed by atoms with E-state index in [-0.39, 0.29) is 0 Å². The van der Waals surface area contributed by atoms with Gasteiger partial charge in [-0.05, 0) is 41.5 Å². The first-order valence-corrected chi connectivity index (χ1v) is 5.66. The van der Waals surface area contributed by atoms with E-state index in [1.807, 2.05) is 0 Å². The topological polar surface area (TPSA) is 17.1 Å². The maximum atomic E-state index is 10.6. The van der Waals surface area contributed by atoms with Gasteiger partial charge in [0.1, 0.15) is 6.29 Å². The molecule has 0 saturated heterocycles. The Morgan fingerprint density at radius 3 is 2.47 bits per heavy atom. The number of benzene rings is 1. The van der Waals surface area contributed by atoms with Crippen LogP contribution in [0.1, 0.15) is 48.9 Å². The molecule has 0 aliphatic carbocycles. The van der Waals surface area contributed by atoms with Gasteiger partial charge in [-0.1, -0.05) is 32.9 Å². The smallest absolute Gasteiger partial charge is 0.124 e. The molecule has 0 heterocycles. The molecule has 15 heavy (non-hydrogen) atoms. The molecule has 0 aliphatic rings. The van der Waals surface area contributed by atoms with E-state index in [1.54, 1.807) is 0 Å². The summed E-state index contributed by atoms with van der Waals surface area (Å²) in [5.74, 6) is 0.528. The molecule has 82 valence electrons. The summed E-state index contributed by atoms with van der Waals surface area (Å²) in [6.07, 6.45) is 2.55. The Morgan fingerprint density at radius 1 is 1.33 bits per heavy atom. The van der Waals surface area contributed by atoms with Crippen LogP contribution in [-0.4, -0.2) is 6.29 Å². The fourth-order valence-corrected chi connectivity index (χ4v) is 2.03. The third-order valence-corrected chi connectivity index (χ3v) is 2.91. The van der Waals surface area contributed by atoms with Crippen molar-refractivity contribution in [1.82, 2.24) is 0 Å². The monoisotopic (exact) mass is 204 g/mol. The summed E-state index contributed by atoms with van der Waals surface area (Å²) in [4.78, 5) is 10.6. The first kappa shape index (κ1) is 12.0. The lowest BCUT2D eigenvalue weighted by Gasteiger charge is -2.14. The van der Waals surface area contributed by atoms with Crippen LogP contribution in [-0.2, 0) is 17.6 Å². The first-order valence-electron chi connectivity index (χ1n) is 5.66. The van der Waals surface area contributed by atoms with Crippen LogP contribution >= 0.6 is 0 Å². The molecule has 0 amide bonds. The largest absolute Gasteiger partial charge is 0.303 e. The van der Waals surface area contributed by atoms with Crippen LogP contribution in [0.3, 0.4) is 0 Å². The minimum absolute atomic E-state index is 0.528. The summed E-state index contributed by atoms with van der Waals surface area (Å²) in [6, 6.07) is 4.43. The number of aryl methyl sites for hydroxylation is 1. The molecule has 0 saturated carbocycles. The van der Waals surface area contributed by atoms with Crippen LogP contribution in [0.5, 0.6) is 0 Å². The number of rotatable bonds is 4. The zero-order valence-electron chi connectivity index (χ0n) is 10.1. The molecule has 1 aromatic carbocycles. The molecule has 1 nitrogen and oxygen atoms in total. The quantitative estimate of drug-likeness (QED) is 0.687. The highest BCUT2D eigenvalue weighted by Gasteiger charge is 2.08. The van der Waals surface area contributed by atoms with E-state index in [0.29, 0.717) is 12.3 Å². The number of aldehydes is 1. The van der Waals surface area contributed by atoms with Crippen molar-refractivity contribution < 1.29 is 4.79 Å². The zero-order valence-corrected chi connectivity index (χ0v) is 10.1. The fourth-order valence-electron chi connectivity index (χ4n) is 2.03. The van der Waals surface area contributed by atoms with E-state index in [0.717, 1.165) is 12.7 Å². The Balaban J connectivity index is 3.24. The minimum Gasteiger partial charge on any atom is -0.303 e. The lowest BCUT2D eigenvalue weighted by Crippen LogP contribution is -2.01. The van der Waals surface area contributed by atoms with Crippen molar-refractivity contribution in [2.45, 2.75) is 46.5 Å². The second kappa shape index (κ2) is 5.11. The predicted octanol–water partition coefficient (Wildman–Crippen LogP) is 3.42. The molecule has 0 atom stereocenters. The predicted molar refractivity (Wildman–Crippen MR) is 64.4 cm³/mol. The lowest BCUT2D eigenvalue weighted by atomic mass is 9.91. The van der Waals surface area contributed by atoms with E-state index >= 15 is 0 Å². The van der Waals surface area contributed by atoms with Gasteiger partial charge >= 0.3 is 0 Å². The van der Waals surface area contributed by atoms with Crippen LogP contribution < -0.4 is 0 Å². The second-order valence-electron chi connectivity index (χ2n) is 4.35. The summed E-state index contributed by atoms with van der Waals surface area (Å²) in [5, 5.41) is 0. The van der Waals surface area contributed by atoms with Gasteiger partial charge in [0.15, 0.2) is 0 Å². The number of carbonyl (C=O) groups is 1. The first-order chi connectivity index (χ1) is 7.10. The van der Waals surface area contributed by atoms with Crippen molar-refractivity contribution >= 4 is 6.29 Å². The maximum Gasteiger partial charge on any atom is 0.124 e. The van der Waals surface area contributed by atoms with Gasteiger partial charge in [-0.2, -0.15) is 0 Å². The van der Waals surface area contributed by atoms with Crippen molar-refractivity contribution in [3.8, 4) is 0 Å². The van der Waals surface area contributed by atoms with Gasteiger partial charge in [-0.3, -0.25) is 0 Å². The molecule has 1 rings (SSSR count). The molecule has 0 N–H and O–H groups in total. The van der Waals surface area contributed by atoms with Crippen LogP contribution in [0.4, 0.5) is 0 Å². The van der Waals surface area contributed by atoms with Crippen molar-refractivity contribution in [3.05, 3.63) is 34.4 Å². The van der Waals surface area contributed by atoms with E-state index < -0.39 is 0 Å². The molecule has 0 bridgehead atoms. The lowest BCUT2D eigenvalue weighted by molar-refractivity contribution is -0.107. The average molecular weight is 204 g/mol. The molecule has 0 aromatic heterocycles. The Labute approximate surface area is 92.5 Å². The van der Waals surface area contributed by atoms with Crippen LogP contribution in [0.25, 0.3) is 0 Å². The van der Waals surface area contributed by atoms with Gasteiger partial charge < -0.3 is 4.79 Å². The highest BCUT2D eigenvalue weighted by Crippen LogP contribution is 2.23. The van der Waals surface area contributed by atoms with Gasteiger partial charge in [0.2, 0.25) is 0 Å².